The lowest BCUT2D eigenvalue weighted by Gasteiger charge is -1.99. The highest BCUT2D eigenvalue weighted by Gasteiger charge is 2.18. The predicted octanol–water partition coefficient (Wildman–Crippen LogP) is 0.419. The molecule has 1 aliphatic rings. The van der Waals surface area contributed by atoms with Crippen LogP contribution in [0.2, 0.25) is 0 Å². The average molecular weight is 105 g/mol. The van der Waals surface area contributed by atoms with E-state index in [1.54, 1.807) is 0 Å². The fraction of sp³-hybridized carbons (Fsp3) is 1.00. The molecule has 0 radical (unpaired) electrons. The van der Waals surface area contributed by atoms with Gasteiger partial charge in [0, 0.05) is 6.54 Å². The van der Waals surface area contributed by atoms with Gasteiger partial charge >= 0.3 is 0 Å². The molecule has 1 fully saturated rings. The van der Waals surface area contributed by atoms with Crippen molar-refractivity contribution in [3.63, 3.8) is 0 Å². The Labute approximate surface area is 41.5 Å². The summed E-state index contributed by atoms with van der Waals surface area (Å²) >= 11 is 0. The summed E-state index contributed by atoms with van der Waals surface area (Å²) in [5, 5.41) is 9.50. The van der Waals surface area contributed by atoms with Crippen molar-refractivity contribution in [3.8, 4) is 0 Å². The Bertz CT molecular complexity index is 60.7. The van der Waals surface area contributed by atoms with Crippen LogP contribution in [0.1, 0.15) is 6.42 Å². The standard InChI is InChI=1S/C4H8FNO/c5-4-1-2-6(7)3-4/h4,7H,1-3H2/t4-/m1/s1. The molecule has 0 bridgehead atoms. The minimum absolute atomic E-state index is 0.194. The zero-order chi connectivity index (χ0) is 5.28. The summed E-state index contributed by atoms with van der Waals surface area (Å²) in [7, 11) is 0. The van der Waals surface area contributed by atoms with Crippen molar-refractivity contribution in [2.24, 2.45) is 0 Å². The van der Waals surface area contributed by atoms with Gasteiger partial charge in [0.05, 0.1) is 6.54 Å². The molecule has 42 valence electrons. The number of hydroxylamine groups is 2. The molecule has 1 aliphatic heterocycles. The van der Waals surface area contributed by atoms with Gasteiger partial charge in [-0.05, 0) is 6.42 Å². The topological polar surface area (TPSA) is 23.5 Å². The minimum Gasteiger partial charge on any atom is -0.314 e. The molecule has 0 amide bonds. The zero-order valence-electron chi connectivity index (χ0n) is 3.97. The van der Waals surface area contributed by atoms with E-state index in [0.29, 0.717) is 13.0 Å². The van der Waals surface area contributed by atoms with Gasteiger partial charge in [0.15, 0.2) is 0 Å². The lowest BCUT2D eigenvalue weighted by Crippen LogP contribution is -2.14. The third-order valence-corrected chi connectivity index (χ3v) is 1.11. The maximum absolute atomic E-state index is 12.0. The normalized spacial score (nSPS) is 34.3. The Morgan fingerprint density at radius 2 is 2.43 bits per heavy atom. The van der Waals surface area contributed by atoms with Gasteiger partial charge < -0.3 is 5.21 Å². The van der Waals surface area contributed by atoms with E-state index in [-0.39, 0.29) is 6.54 Å². The first-order chi connectivity index (χ1) is 3.29. The molecule has 0 aromatic rings. The lowest BCUT2D eigenvalue weighted by atomic mass is 10.4. The predicted molar refractivity (Wildman–Crippen MR) is 22.9 cm³/mol. The van der Waals surface area contributed by atoms with Crippen LogP contribution in [0.4, 0.5) is 4.39 Å². The molecule has 1 rings (SSSR count). The van der Waals surface area contributed by atoms with Crippen LogP contribution in [0.5, 0.6) is 0 Å². The Hall–Kier alpha value is -0.150. The van der Waals surface area contributed by atoms with Crippen LogP contribution in [0.25, 0.3) is 0 Å². The van der Waals surface area contributed by atoms with Gasteiger partial charge in [-0.25, -0.2) is 4.39 Å². The van der Waals surface area contributed by atoms with E-state index in [2.05, 4.69) is 0 Å². The van der Waals surface area contributed by atoms with Gasteiger partial charge in [0.25, 0.3) is 0 Å². The van der Waals surface area contributed by atoms with Crippen molar-refractivity contribution in [1.82, 2.24) is 5.06 Å². The van der Waals surface area contributed by atoms with Crippen LogP contribution >= 0.6 is 0 Å². The third-order valence-electron chi connectivity index (χ3n) is 1.11. The van der Waals surface area contributed by atoms with Gasteiger partial charge in [-0.15, -0.1) is 0 Å². The molecule has 0 aromatic heterocycles. The number of alkyl halides is 1. The molecule has 2 nitrogen and oxygen atoms in total. The molecule has 0 aromatic carbocycles. The van der Waals surface area contributed by atoms with Gasteiger partial charge in [0.1, 0.15) is 6.17 Å². The molecule has 1 heterocycles. The monoisotopic (exact) mass is 105 g/mol. The Kier molecular flexibility index (Phi) is 1.25. The van der Waals surface area contributed by atoms with Crippen LogP contribution in [-0.4, -0.2) is 29.5 Å². The molecule has 7 heavy (non-hydrogen) atoms. The summed E-state index contributed by atoms with van der Waals surface area (Å²) in [5.74, 6) is 0. The minimum atomic E-state index is -0.801. The van der Waals surface area contributed by atoms with E-state index in [0.717, 1.165) is 5.06 Å². The Morgan fingerprint density at radius 3 is 2.57 bits per heavy atom. The number of halogens is 1. The molecule has 1 atom stereocenters. The van der Waals surface area contributed by atoms with Crippen LogP contribution in [0.15, 0.2) is 0 Å². The first kappa shape index (κ1) is 5.00. The third kappa shape index (κ3) is 1.11. The molecule has 0 saturated carbocycles. The van der Waals surface area contributed by atoms with Crippen molar-refractivity contribution in [2.45, 2.75) is 12.6 Å². The molecular formula is C4H8FNO. The maximum Gasteiger partial charge on any atom is 0.116 e. The Balaban J connectivity index is 2.26. The molecule has 1 N–H and O–H groups in total. The molecule has 0 unspecified atom stereocenters. The molecule has 0 aliphatic carbocycles. The molecular weight excluding hydrogens is 97.0 g/mol. The van der Waals surface area contributed by atoms with Gasteiger partial charge in [-0.2, -0.15) is 5.06 Å². The van der Waals surface area contributed by atoms with Crippen molar-refractivity contribution in [2.75, 3.05) is 13.1 Å². The zero-order valence-corrected chi connectivity index (χ0v) is 3.97. The van der Waals surface area contributed by atoms with Crippen LogP contribution in [0.3, 0.4) is 0 Å². The highest BCUT2D eigenvalue weighted by Crippen LogP contribution is 2.08. The van der Waals surface area contributed by atoms with Crippen molar-refractivity contribution in [1.29, 1.82) is 0 Å². The highest BCUT2D eigenvalue weighted by atomic mass is 19.1. The average Bonchev–Trinajstić information content (AvgIpc) is 1.87. The van der Waals surface area contributed by atoms with Crippen molar-refractivity contribution in [3.05, 3.63) is 0 Å². The summed E-state index contributed by atoms with van der Waals surface area (Å²) < 4.78 is 12.0. The van der Waals surface area contributed by atoms with Gasteiger partial charge in [-0.1, -0.05) is 0 Å². The smallest absolute Gasteiger partial charge is 0.116 e. The summed E-state index contributed by atoms with van der Waals surface area (Å²) in [5.41, 5.74) is 0. The van der Waals surface area contributed by atoms with E-state index >= 15 is 0 Å². The highest BCUT2D eigenvalue weighted by molar-refractivity contribution is 4.67. The fourth-order valence-corrected chi connectivity index (χ4v) is 0.700. The van der Waals surface area contributed by atoms with Crippen LogP contribution < -0.4 is 0 Å². The fourth-order valence-electron chi connectivity index (χ4n) is 0.700. The molecule has 3 heteroatoms. The largest absolute Gasteiger partial charge is 0.314 e. The van der Waals surface area contributed by atoms with Crippen molar-refractivity contribution >= 4 is 0 Å². The second kappa shape index (κ2) is 1.76. The van der Waals surface area contributed by atoms with E-state index in [1.807, 2.05) is 0 Å². The van der Waals surface area contributed by atoms with Crippen LogP contribution in [-0.2, 0) is 0 Å². The SMILES string of the molecule is ON1CC[C@@H](F)C1. The number of hydrogen-bond donors (Lipinski definition) is 1. The summed E-state index contributed by atoms with van der Waals surface area (Å²) in [4.78, 5) is 0. The number of rotatable bonds is 0. The maximum atomic E-state index is 12.0. The quantitative estimate of drug-likeness (QED) is 0.482. The van der Waals surface area contributed by atoms with Gasteiger partial charge in [-0.3, -0.25) is 0 Å². The number of hydrogen-bond acceptors (Lipinski definition) is 2. The molecule has 0 spiro atoms. The van der Waals surface area contributed by atoms with Crippen molar-refractivity contribution < 1.29 is 9.60 Å². The van der Waals surface area contributed by atoms with Gasteiger partial charge in [0.2, 0.25) is 0 Å². The van der Waals surface area contributed by atoms with Crippen LogP contribution in [0, 0.1) is 0 Å². The van der Waals surface area contributed by atoms with E-state index in [4.69, 9.17) is 5.21 Å². The molecule has 1 saturated heterocycles. The number of nitrogens with zero attached hydrogens (tertiary/aromatic N) is 1. The van der Waals surface area contributed by atoms with E-state index < -0.39 is 6.17 Å². The summed E-state index contributed by atoms with van der Waals surface area (Å²) in [6, 6.07) is 0. The second-order valence-electron chi connectivity index (χ2n) is 1.80. The van der Waals surface area contributed by atoms with E-state index in [9.17, 15) is 4.39 Å². The Morgan fingerprint density at radius 1 is 1.71 bits per heavy atom. The lowest BCUT2D eigenvalue weighted by molar-refractivity contribution is -0.0722. The van der Waals surface area contributed by atoms with E-state index in [1.165, 1.54) is 0 Å². The second-order valence-corrected chi connectivity index (χ2v) is 1.80. The summed E-state index contributed by atoms with van der Waals surface area (Å²) in [6.45, 7) is 0.682. The first-order valence-corrected chi connectivity index (χ1v) is 2.37. The summed E-state index contributed by atoms with van der Waals surface area (Å²) in [6.07, 6.45) is -0.318. The first-order valence-electron chi connectivity index (χ1n) is 2.37.